The highest BCUT2D eigenvalue weighted by Gasteiger charge is 2.34. The van der Waals surface area contributed by atoms with Gasteiger partial charge in [0.1, 0.15) is 6.04 Å². The van der Waals surface area contributed by atoms with E-state index in [0.717, 1.165) is 51.9 Å². The van der Waals surface area contributed by atoms with Crippen LogP contribution in [-0.2, 0) is 17.8 Å². The largest absolute Gasteiger partial charge is 0.480 e. The van der Waals surface area contributed by atoms with Crippen LogP contribution in [0, 0.1) is 18.8 Å². The molecular weight excluding hydrogens is 448 g/mol. The molecule has 1 aliphatic heterocycles. The third kappa shape index (κ3) is 6.57. The summed E-state index contributed by atoms with van der Waals surface area (Å²) in [5, 5.41) is 18.0. The summed E-state index contributed by atoms with van der Waals surface area (Å²) in [7, 11) is 0. The Morgan fingerprint density at radius 3 is 2.47 bits per heavy atom. The first-order chi connectivity index (χ1) is 17.5. The lowest BCUT2D eigenvalue weighted by molar-refractivity contribution is -0.140. The fraction of sp³-hybridized carbons (Fsp3) is 0.667. The molecule has 2 aliphatic carbocycles. The van der Waals surface area contributed by atoms with Crippen LogP contribution in [0.2, 0.25) is 0 Å². The van der Waals surface area contributed by atoms with Gasteiger partial charge in [-0.05, 0) is 88.9 Å². The number of piperidine rings is 1. The Morgan fingerprint density at radius 1 is 1.08 bits per heavy atom. The van der Waals surface area contributed by atoms with Gasteiger partial charge in [0.25, 0.3) is 0 Å². The van der Waals surface area contributed by atoms with Gasteiger partial charge in [0.2, 0.25) is 0 Å². The molecule has 3 fully saturated rings. The number of hydrogen-bond donors (Lipinski definition) is 2. The van der Waals surface area contributed by atoms with E-state index in [1.807, 2.05) is 0 Å². The average Bonchev–Trinajstić information content (AvgIpc) is 3.43. The molecule has 3 unspecified atom stereocenters. The molecule has 5 rings (SSSR count). The van der Waals surface area contributed by atoms with Crippen LogP contribution in [0.1, 0.15) is 86.7 Å². The number of nitrogens with zero attached hydrogens (tertiary/aromatic N) is 3. The zero-order chi connectivity index (χ0) is 25.1. The number of aryl methyl sites for hydroxylation is 2. The van der Waals surface area contributed by atoms with Crippen molar-refractivity contribution < 1.29 is 9.90 Å². The molecule has 1 aromatic carbocycles. The Labute approximate surface area is 216 Å². The van der Waals surface area contributed by atoms with Gasteiger partial charge in [-0.2, -0.15) is 5.10 Å². The molecule has 36 heavy (non-hydrogen) atoms. The molecule has 3 aliphatic rings. The highest BCUT2D eigenvalue weighted by Crippen LogP contribution is 2.35. The Balaban J connectivity index is 1.09. The molecule has 2 saturated carbocycles. The van der Waals surface area contributed by atoms with Crippen LogP contribution in [0.5, 0.6) is 0 Å². The van der Waals surface area contributed by atoms with Crippen molar-refractivity contribution >= 4 is 5.97 Å². The summed E-state index contributed by atoms with van der Waals surface area (Å²) in [5.74, 6) is 1.26. The normalized spacial score (nSPS) is 24.3. The van der Waals surface area contributed by atoms with E-state index in [1.165, 1.54) is 54.6 Å². The van der Waals surface area contributed by atoms with Crippen LogP contribution >= 0.6 is 0 Å². The Kier molecular flexibility index (Phi) is 8.12. The first kappa shape index (κ1) is 25.5. The van der Waals surface area contributed by atoms with Gasteiger partial charge in [-0.3, -0.25) is 9.48 Å². The zero-order valence-electron chi connectivity index (χ0n) is 22.2. The summed E-state index contributed by atoms with van der Waals surface area (Å²) < 4.78 is 2.23. The number of carboxylic acid groups (broad SMARTS) is 1. The summed E-state index contributed by atoms with van der Waals surface area (Å²) in [6.45, 7) is 8.73. The van der Waals surface area contributed by atoms with Gasteiger partial charge in [0.05, 0.1) is 5.69 Å². The molecule has 0 radical (unpaired) electrons. The minimum Gasteiger partial charge on any atom is -0.480 e. The number of carbonyl (C=O) groups is 1. The maximum Gasteiger partial charge on any atom is 0.320 e. The second-order valence-electron chi connectivity index (χ2n) is 11.7. The number of rotatable bonds is 11. The summed E-state index contributed by atoms with van der Waals surface area (Å²) in [4.78, 5) is 14.3. The van der Waals surface area contributed by atoms with Crippen molar-refractivity contribution in [3.05, 3.63) is 52.8 Å². The van der Waals surface area contributed by atoms with Crippen LogP contribution < -0.4 is 5.32 Å². The second-order valence-corrected chi connectivity index (χ2v) is 11.7. The van der Waals surface area contributed by atoms with Gasteiger partial charge in [-0.25, -0.2) is 0 Å². The van der Waals surface area contributed by atoms with E-state index in [-0.39, 0.29) is 6.04 Å². The molecule has 196 valence electrons. The summed E-state index contributed by atoms with van der Waals surface area (Å²) >= 11 is 0. The minimum absolute atomic E-state index is 0.351. The second kappa shape index (κ2) is 11.5. The summed E-state index contributed by atoms with van der Waals surface area (Å²) in [6, 6.07) is 11.2. The van der Waals surface area contributed by atoms with Crippen LogP contribution in [0.25, 0.3) is 0 Å². The van der Waals surface area contributed by atoms with E-state index < -0.39 is 5.97 Å². The monoisotopic (exact) mass is 492 g/mol. The third-order valence-electron chi connectivity index (χ3n) is 8.73. The molecule has 0 bridgehead atoms. The highest BCUT2D eigenvalue weighted by atomic mass is 16.4. The lowest BCUT2D eigenvalue weighted by atomic mass is 9.92. The van der Waals surface area contributed by atoms with Crippen LogP contribution in [0.15, 0.2) is 30.3 Å². The smallest absolute Gasteiger partial charge is 0.320 e. The van der Waals surface area contributed by atoms with E-state index in [2.05, 4.69) is 59.1 Å². The molecule has 3 atom stereocenters. The van der Waals surface area contributed by atoms with Gasteiger partial charge in [-0.15, -0.1) is 0 Å². The maximum atomic E-state index is 11.7. The Morgan fingerprint density at radius 2 is 1.81 bits per heavy atom. The Bertz CT molecular complexity index is 1000. The predicted octanol–water partition coefficient (Wildman–Crippen LogP) is 4.99. The number of benzene rings is 1. The quantitative estimate of drug-likeness (QED) is 0.462. The molecular formula is C30H44N4O2. The molecule has 6 nitrogen and oxygen atoms in total. The minimum atomic E-state index is -0.666. The topological polar surface area (TPSA) is 70.4 Å². The first-order valence-electron chi connectivity index (χ1n) is 14.3. The molecule has 2 aromatic rings. The average molecular weight is 493 g/mol. The molecule has 0 amide bonds. The molecule has 6 heteroatoms. The van der Waals surface area contributed by atoms with E-state index in [1.54, 1.807) is 0 Å². The van der Waals surface area contributed by atoms with E-state index in [0.29, 0.717) is 23.8 Å². The highest BCUT2D eigenvalue weighted by molar-refractivity contribution is 5.73. The molecule has 1 saturated heterocycles. The van der Waals surface area contributed by atoms with Gasteiger partial charge >= 0.3 is 5.97 Å². The van der Waals surface area contributed by atoms with Crippen LogP contribution in [0.4, 0.5) is 0 Å². The van der Waals surface area contributed by atoms with E-state index in [9.17, 15) is 9.90 Å². The first-order valence-corrected chi connectivity index (χ1v) is 14.3. The lowest BCUT2D eigenvalue weighted by Gasteiger charge is -2.33. The van der Waals surface area contributed by atoms with Crippen molar-refractivity contribution in [3.8, 4) is 0 Å². The number of likely N-dealkylation sites (tertiary alicyclic amines) is 1. The SMILES string of the molecule is CCn1nc(Cc2ccc(C)cc2)cc1C1CCN(CC2CCC(NC(CC3CC3)C(=O)O)C2)CC1. The lowest BCUT2D eigenvalue weighted by Crippen LogP contribution is -2.43. The van der Waals surface area contributed by atoms with Crippen molar-refractivity contribution in [2.45, 2.75) is 96.2 Å². The fourth-order valence-electron chi connectivity index (χ4n) is 6.45. The van der Waals surface area contributed by atoms with Gasteiger partial charge in [0.15, 0.2) is 0 Å². The molecule has 1 aromatic heterocycles. The van der Waals surface area contributed by atoms with Crippen molar-refractivity contribution in [2.24, 2.45) is 11.8 Å². The number of carboxylic acids is 1. The number of aromatic nitrogens is 2. The zero-order valence-corrected chi connectivity index (χ0v) is 22.2. The van der Waals surface area contributed by atoms with Crippen molar-refractivity contribution in [1.82, 2.24) is 20.0 Å². The van der Waals surface area contributed by atoms with Gasteiger partial charge in [-0.1, -0.05) is 42.7 Å². The van der Waals surface area contributed by atoms with Crippen LogP contribution in [0.3, 0.4) is 0 Å². The van der Waals surface area contributed by atoms with Crippen molar-refractivity contribution in [1.29, 1.82) is 0 Å². The Hall–Kier alpha value is -2.18. The number of hydrogen-bond acceptors (Lipinski definition) is 4. The van der Waals surface area contributed by atoms with E-state index in [4.69, 9.17) is 5.10 Å². The number of aliphatic carboxylic acids is 1. The maximum absolute atomic E-state index is 11.7. The molecule has 2 heterocycles. The van der Waals surface area contributed by atoms with E-state index >= 15 is 0 Å². The summed E-state index contributed by atoms with van der Waals surface area (Å²) in [5.41, 5.74) is 5.23. The molecule has 0 spiro atoms. The standard InChI is InChI=1S/C30H44N4O2/c1-3-34-29(19-27(32-34)16-22-6-4-21(2)5-7-22)25-12-14-33(15-13-25)20-24-10-11-26(17-24)31-28(30(35)36)18-23-8-9-23/h4-7,19,23-26,28,31H,3,8-18,20H2,1-2H3,(H,35,36). The summed E-state index contributed by atoms with van der Waals surface area (Å²) in [6.07, 6.45) is 10.00. The molecule has 2 N–H and O–H groups in total. The van der Waals surface area contributed by atoms with Crippen molar-refractivity contribution in [2.75, 3.05) is 19.6 Å². The third-order valence-corrected chi connectivity index (χ3v) is 8.73. The predicted molar refractivity (Wildman–Crippen MR) is 143 cm³/mol. The van der Waals surface area contributed by atoms with Gasteiger partial charge in [0, 0.05) is 37.2 Å². The van der Waals surface area contributed by atoms with Crippen molar-refractivity contribution in [3.63, 3.8) is 0 Å². The fourth-order valence-corrected chi connectivity index (χ4v) is 6.45. The number of nitrogens with one attached hydrogen (secondary N) is 1. The van der Waals surface area contributed by atoms with Gasteiger partial charge < -0.3 is 15.3 Å². The van der Waals surface area contributed by atoms with Crippen LogP contribution in [-0.4, -0.2) is 57.5 Å².